The van der Waals surface area contributed by atoms with E-state index in [1.54, 1.807) is 24.3 Å². The first kappa shape index (κ1) is 19.9. The molecule has 0 saturated carbocycles. The van der Waals surface area contributed by atoms with Gasteiger partial charge in [0.25, 0.3) is 5.91 Å². The molecule has 138 valence electrons. The van der Waals surface area contributed by atoms with Gasteiger partial charge in [0.2, 0.25) is 0 Å². The fourth-order valence-corrected chi connectivity index (χ4v) is 2.54. The molecule has 2 aromatic carbocycles. The van der Waals surface area contributed by atoms with Gasteiger partial charge in [0, 0.05) is 10.7 Å². The molecule has 0 fully saturated rings. The highest BCUT2D eigenvalue weighted by Gasteiger charge is 2.22. The van der Waals surface area contributed by atoms with Crippen molar-refractivity contribution in [1.29, 1.82) is 0 Å². The maximum absolute atomic E-state index is 12.3. The second kappa shape index (κ2) is 8.78. The summed E-state index contributed by atoms with van der Waals surface area (Å²) in [4.78, 5) is 24.5. The van der Waals surface area contributed by atoms with Gasteiger partial charge in [0.1, 0.15) is 17.1 Å². The summed E-state index contributed by atoms with van der Waals surface area (Å²) in [5, 5.41) is 3.31. The van der Waals surface area contributed by atoms with Crippen LogP contribution in [0.25, 0.3) is 0 Å². The summed E-state index contributed by atoms with van der Waals surface area (Å²) in [7, 11) is 2.91. The van der Waals surface area contributed by atoms with Crippen LogP contribution >= 0.6 is 23.2 Å². The van der Waals surface area contributed by atoms with E-state index in [2.05, 4.69) is 5.32 Å². The van der Waals surface area contributed by atoms with Crippen LogP contribution in [0, 0.1) is 0 Å². The third kappa shape index (κ3) is 4.80. The van der Waals surface area contributed by atoms with Crippen molar-refractivity contribution in [1.82, 2.24) is 0 Å². The summed E-state index contributed by atoms with van der Waals surface area (Å²) in [5.41, 5.74) is 0.580. The number of benzene rings is 2. The number of ether oxygens (including phenoxy) is 3. The van der Waals surface area contributed by atoms with Crippen molar-refractivity contribution in [2.45, 2.75) is 13.0 Å². The Balaban J connectivity index is 2.06. The number of esters is 1. The largest absolute Gasteiger partial charge is 0.496 e. The van der Waals surface area contributed by atoms with Crippen molar-refractivity contribution in [3.8, 4) is 11.5 Å². The lowest BCUT2D eigenvalue weighted by Gasteiger charge is -2.15. The summed E-state index contributed by atoms with van der Waals surface area (Å²) in [6.07, 6.45) is -1.05. The van der Waals surface area contributed by atoms with Gasteiger partial charge in [-0.05, 0) is 43.3 Å². The second-order valence-corrected chi connectivity index (χ2v) is 6.07. The molecule has 0 aliphatic carbocycles. The minimum Gasteiger partial charge on any atom is -0.496 e. The van der Waals surface area contributed by atoms with E-state index in [1.807, 2.05) is 0 Å². The number of hydrogen-bond donors (Lipinski definition) is 1. The highest BCUT2D eigenvalue weighted by molar-refractivity contribution is 6.32. The van der Waals surface area contributed by atoms with E-state index in [0.717, 1.165) is 0 Å². The van der Waals surface area contributed by atoms with Gasteiger partial charge in [-0.15, -0.1) is 0 Å². The standard InChI is InChI=1S/C18H17Cl2NO5/c1-10(17(22)21-12-5-7-16(25-3)14(20)9-12)26-18(23)13-8-11(19)4-6-15(13)24-2/h4-10H,1-3H3,(H,21,22)/t10-/m1/s1. The first-order valence-corrected chi connectivity index (χ1v) is 8.30. The lowest BCUT2D eigenvalue weighted by Crippen LogP contribution is -2.30. The molecule has 1 N–H and O–H groups in total. The predicted molar refractivity (Wildman–Crippen MR) is 99.5 cm³/mol. The van der Waals surface area contributed by atoms with Crippen LogP contribution in [0.5, 0.6) is 11.5 Å². The summed E-state index contributed by atoms with van der Waals surface area (Å²) in [6.45, 7) is 1.45. The molecular formula is C18H17Cl2NO5. The van der Waals surface area contributed by atoms with E-state index in [4.69, 9.17) is 37.4 Å². The molecule has 2 aromatic rings. The van der Waals surface area contributed by atoms with E-state index in [-0.39, 0.29) is 5.56 Å². The molecule has 2 rings (SSSR count). The minimum atomic E-state index is -1.05. The zero-order valence-corrected chi connectivity index (χ0v) is 15.9. The van der Waals surface area contributed by atoms with Crippen molar-refractivity contribution in [2.75, 3.05) is 19.5 Å². The molecule has 8 heteroatoms. The predicted octanol–water partition coefficient (Wildman–Crippen LogP) is 4.19. The number of anilines is 1. The van der Waals surface area contributed by atoms with E-state index < -0.39 is 18.0 Å². The quantitative estimate of drug-likeness (QED) is 0.739. The Morgan fingerprint density at radius 2 is 1.65 bits per heavy atom. The van der Waals surface area contributed by atoms with Gasteiger partial charge in [-0.1, -0.05) is 23.2 Å². The summed E-state index contributed by atoms with van der Waals surface area (Å²) in [5.74, 6) is -0.452. The molecule has 0 aromatic heterocycles. The third-order valence-corrected chi connectivity index (χ3v) is 3.98. The number of hydrogen-bond acceptors (Lipinski definition) is 5. The maximum Gasteiger partial charge on any atom is 0.342 e. The van der Waals surface area contributed by atoms with Crippen LogP contribution in [0.2, 0.25) is 10.0 Å². The molecule has 1 amide bonds. The lowest BCUT2D eigenvalue weighted by molar-refractivity contribution is -0.123. The van der Waals surface area contributed by atoms with Gasteiger partial charge in [-0.3, -0.25) is 4.79 Å². The molecule has 0 saturated heterocycles. The molecular weight excluding hydrogens is 381 g/mol. The molecule has 1 atom stereocenters. The molecule has 0 aliphatic heterocycles. The molecule has 26 heavy (non-hydrogen) atoms. The number of nitrogens with one attached hydrogen (secondary N) is 1. The van der Waals surface area contributed by atoms with Gasteiger partial charge in [0.05, 0.1) is 19.2 Å². The van der Waals surface area contributed by atoms with Crippen LogP contribution < -0.4 is 14.8 Å². The maximum atomic E-state index is 12.3. The second-order valence-electron chi connectivity index (χ2n) is 5.23. The zero-order chi connectivity index (χ0) is 19.3. The van der Waals surface area contributed by atoms with Gasteiger partial charge >= 0.3 is 5.97 Å². The highest BCUT2D eigenvalue weighted by Crippen LogP contribution is 2.27. The van der Waals surface area contributed by atoms with E-state index >= 15 is 0 Å². The fourth-order valence-electron chi connectivity index (χ4n) is 2.11. The van der Waals surface area contributed by atoms with Crippen molar-refractivity contribution in [2.24, 2.45) is 0 Å². The van der Waals surface area contributed by atoms with Gasteiger partial charge in [0.15, 0.2) is 6.10 Å². The monoisotopic (exact) mass is 397 g/mol. The van der Waals surface area contributed by atoms with Gasteiger partial charge in [-0.2, -0.15) is 0 Å². The van der Waals surface area contributed by atoms with Crippen molar-refractivity contribution in [3.63, 3.8) is 0 Å². The van der Waals surface area contributed by atoms with Gasteiger partial charge < -0.3 is 19.5 Å². The lowest BCUT2D eigenvalue weighted by atomic mass is 10.2. The van der Waals surface area contributed by atoms with Crippen LogP contribution in [0.1, 0.15) is 17.3 Å². The average Bonchev–Trinajstić information content (AvgIpc) is 2.61. The van der Waals surface area contributed by atoms with Crippen LogP contribution in [-0.2, 0) is 9.53 Å². The van der Waals surface area contributed by atoms with E-state index in [0.29, 0.717) is 27.2 Å². The Morgan fingerprint density at radius 1 is 1.00 bits per heavy atom. The molecule has 0 unspecified atom stereocenters. The van der Waals surface area contributed by atoms with Crippen LogP contribution in [0.3, 0.4) is 0 Å². The SMILES string of the molecule is COc1ccc(NC(=O)[C@@H](C)OC(=O)c2cc(Cl)ccc2OC)cc1Cl. The molecule has 0 aliphatic rings. The van der Waals surface area contributed by atoms with Crippen molar-refractivity contribution in [3.05, 3.63) is 52.0 Å². The highest BCUT2D eigenvalue weighted by atomic mass is 35.5. The topological polar surface area (TPSA) is 73.9 Å². The Bertz CT molecular complexity index is 825. The Labute approximate surface area is 160 Å². The minimum absolute atomic E-state index is 0.132. The zero-order valence-electron chi connectivity index (χ0n) is 14.3. The Hall–Kier alpha value is -2.44. The van der Waals surface area contributed by atoms with Crippen LogP contribution in [0.4, 0.5) is 5.69 Å². The van der Waals surface area contributed by atoms with E-state index in [9.17, 15) is 9.59 Å². The van der Waals surface area contributed by atoms with Crippen LogP contribution in [0.15, 0.2) is 36.4 Å². The Kier molecular flexibility index (Phi) is 6.71. The number of halogens is 2. The first-order valence-electron chi connectivity index (χ1n) is 7.54. The Morgan fingerprint density at radius 3 is 2.27 bits per heavy atom. The number of carbonyl (C=O) groups is 2. The number of rotatable bonds is 6. The number of carbonyl (C=O) groups excluding carboxylic acids is 2. The molecule has 0 bridgehead atoms. The molecule has 0 spiro atoms. The van der Waals surface area contributed by atoms with Crippen molar-refractivity contribution < 1.29 is 23.8 Å². The average molecular weight is 398 g/mol. The number of methoxy groups -OCH3 is 2. The van der Waals surface area contributed by atoms with E-state index in [1.165, 1.54) is 33.3 Å². The van der Waals surface area contributed by atoms with Gasteiger partial charge in [-0.25, -0.2) is 4.79 Å². The van der Waals surface area contributed by atoms with Crippen molar-refractivity contribution >= 4 is 40.8 Å². The van der Waals surface area contributed by atoms with Crippen LogP contribution in [-0.4, -0.2) is 32.2 Å². The normalized spacial score (nSPS) is 11.4. The summed E-state index contributed by atoms with van der Waals surface area (Å²) in [6, 6.07) is 9.32. The molecule has 0 radical (unpaired) electrons. The first-order chi connectivity index (χ1) is 12.3. The summed E-state index contributed by atoms with van der Waals surface area (Å²) >= 11 is 11.9. The molecule has 6 nitrogen and oxygen atoms in total. The fraction of sp³-hybridized carbons (Fsp3) is 0.222. The number of amides is 1. The third-order valence-electron chi connectivity index (χ3n) is 3.45. The summed E-state index contributed by atoms with van der Waals surface area (Å²) < 4.78 is 15.4. The molecule has 0 heterocycles. The smallest absolute Gasteiger partial charge is 0.342 e.